The van der Waals surface area contributed by atoms with Crippen molar-refractivity contribution in [3.8, 4) is 0 Å². The second kappa shape index (κ2) is 9.36. The van der Waals surface area contributed by atoms with E-state index in [0.29, 0.717) is 34.3 Å². The molecule has 0 fully saturated rings. The Hall–Kier alpha value is -3.78. The Morgan fingerprint density at radius 3 is 2.74 bits per heavy atom. The predicted octanol–water partition coefficient (Wildman–Crippen LogP) is 4.19. The lowest BCUT2D eigenvalue weighted by atomic mass is 10.2. The highest BCUT2D eigenvalue weighted by atomic mass is 35.5. The van der Waals surface area contributed by atoms with E-state index in [1.807, 2.05) is 24.3 Å². The SMILES string of the molecule is O=C(NCc1cn(Cc2ccc(Cl)cc2)nn1)c1cccnc1Nc1cccc(F)c1. The van der Waals surface area contributed by atoms with Gasteiger partial charge in [0.1, 0.15) is 17.3 Å². The minimum atomic E-state index is -0.381. The van der Waals surface area contributed by atoms with Crippen molar-refractivity contribution in [2.45, 2.75) is 13.1 Å². The Morgan fingerprint density at radius 2 is 1.94 bits per heavy atom. The van der Waals surface area contributed by atoms with Crippen molar-refractivity contribution in [3.05, 3.63) is 101 Å². The van der Waals surface area contributed by atoms with Gasteiger partial charge in [0, 0.05) is 16.9 Å². The molecule has 4 rings (SSSR count). The van der Waals surface area contributed by atoms with Gasteiger partial charge in [0.25, 0.3) is 5.91 Å². The first-order chi connectivity index (χ1) is 15.1. The first-order valence-electron chi connectivity index (χ1n) is 9.46. The van der Waals surface area contributed by atoms with Gasteiger partial charge in [0.2, 0.25) is 0 Å². The molecule has 0 radical (unpaired) electrons. The first-order valence-corrected chi connectivity index (χ1v) is 9.84. The van der Waals surface area contributed by atoms with E-state index in [2.05, 4.69) is 25.9 Å². The Balaban J connectivity index is 1.39. The lowest BCUT2D eigenvalue weighted by molar-refractivity contribution is 0.0951. The highest BCUT2D eigenvalue weighted by Gasteiger charge is 2.13. The fourth-order valence-electron chi connectivity index (χ4n) is 2.93. The summed E-state index contributed by atoms with van der Waals surface area (Å²) >= 11 is 5.90. The largest absolute Gasteiger partial charge is 0.346 e. The number of rotatable bonds is 7. The van der Waals surface area contributed by atoms with Crippen LogP contribution in [0.5, 0.6) is 0 Å². The molecule has 0 saturated heterocycles. The van der Waals surface area contributed by atoms with Gasteiger partial charge in [-0.05, 0) is 48.0 Å². The number of amides is 1. The van der Waals surface area contributed by atoms with Gasteiger partial charge in [-0.15, -0.1) is 5.10 Å². The Labute approximate surface area is 182 Å². The molecule has 0 atom stereocenters. The number of hydrogen-bond acceptors (Lipinski definition) is 5. The van der Waals surface area contributed by atoms with Crippen LogP contribution in [0.2, 0.25) is 5.02 Å². The van der Waals surface area contributed by atoms with Crippen molar-refractivity contribution < 1.29 is 9.18 Å². The van der Waals surface area contributed by atoms with E-state index in [9.17, 15) is 9.18 Å². The van der Waals surface area contributed by atoms with Crippen LogP contribution in [0.4, 0.5) is 15.9 Å². The van der Waals surface area contributed by atoms with E-state index in [0.717, 1.165) is 5.56 Å². The van der Waals surface area contributed by atoms with Crippen LogP contribution in [0, 0.1) is 5.82 Å². The molecule has 31 heavy (non-hydrogen) atoms. The highest BCUT2D eigenvalue weighted by molar-refractivity contribution is 6.30. The second-order valence-electron chi connectivity index (χ2n) is 6.75. The van der Waals surface area contributed by atoms with E-state index in [4.69, 9.17) is 11.6 Å². The highest BCUT2D eigenvalue weighted by Crippen LogP contribution is 2.19. The number of carbonyl (C=O) groups excluding carboxylic acids is 1. The summed E-state index contributed by atoms with van der Waals surface area (Å²) in [5.74, 6) is -0.384. The molecule has 2 heterocycles. The molecule has 0 saturated carbocycles. The molecule has 2 N–H and O–H groups in total. The van der Waals surface area contributed by atoms with Crippen molar-refractivity contribution in [2.75, 3.05) is 5.32 Å². The number of nitrogens with zero attached hydrogens (tertiary/aromatic N) is 4. The zero-order valence-electron chi connectivity index (χ0n) is 16.3. The molecule has 0 aliphatic rings. The van der Waals surface area contributed by atoms with Gasteiger partial charge in [0.15, 0.2) is 0 Å². The Morgan fingerprint density at radius 1 is 1.10 bits per heavy atom. The lowest BCUT2D eigenvalue weighted by Crippen LogP contribution is -2.24. The van der Waals surface area contributed by atoms with Gasteiger partial charge < -0.3 is 10.6 Å². The maximum absolute atomic E-state index is 13.4. The molecule has 9 heteroatoms. The number of halogens is 2. The molecular formula is C22H18ClFN6O. The summed E-state index contributed by atoms with van der Waals surface area (Å²) in [7, 11) is 0. The van der Waals surface area contributed by atoms with Crippen molar-refractivity contribution >= 4 is 29.0 Å². The molecular weight excluding hydrogens is 419 g/mol. The van der Waals surface area contributed by atoms with Gasteiger partial charge in [-0.1, -0.05) is 35.0 Å². The zero-order chi connectivity index (χ0) is 21.6. The maximum atomic E-state index is 13.4. The number of aromatic nitrogens is 4. The van der Waals surface area contributed by atoms with Crippen LogP contribution in [-0.2, 0) is 13.1 Å². The monoisotopic (exact) mass is 436 g/mol. The summed E-state index contributed by atoms with van der Waals surface area (Å²) in [6.07, 6.45) is 3.32. The predicted molar refractivity (Wildman–Crippen MR) is 116 cm³/mol. The van der Waals surface area contributed by atoms with Gasteiger partial charge in [-0.2, -0.15) is 0 Å². The van der Waals surface area contributed by atoms with Crippen molar-refractivity contribution in [1.29, 1.82) is 0 Å². The summed E-state index contributed by atoms with van der Waals surface area (Å²) < 4.78 is 15.1. The van der Waals surface area contributed by atoms with Crippen LogP contribution >= 0.6 is 11.6 Å². The van der Waals surface area contributed by atoms with Crippen LogP contribution in [0.25, 0.3) is 0 Å². The molecule has 0 aliphatic heterocycles. The van der Waals surface area contributed by atoms with Crippen molar-refractivity contribution in [1.82, 2.24) is 25.3 Å². The van der Waals surface area contributed by atoms with Crippen LogP contribution in [0.1, 0.15) is 21.6 Å². The number of benzene rings is 2. The van der Waals surface area contributed by atoms with Gasteiger partial charge in [0.05, 0.1) is 24.8 Å². The minimum absolute atomic E-state index is 0.202. The fourth-order valence-corrected chi connectivity index (χ4v) is 3.06. The third kappa shape index (κ3) is 5.43. The van der Waals surface area contributed by atoms with Crippen LogP contribution in [0.3, 0.4) is 0 Å². The zero-order valence-corrected chi connectivity index (χ0v) is 17.1. The summed E-state index contributed by atoms with van der Waals surface area (Å²) in [5, 5.41) is 14.6. The van der Waals surface area contributed by atoms with E-state index < -0.39 is 0 Å². The van der Waals surface area contributed by atoms with Crippen LogP contribution in [-0.4, -0.2) is 25.9 Å². The third-order valence-corrected chi connectivity index (χ3v) is 4.67. The summed E-state index contributed by atoms with van der Waals surface area (Å²) in [6.45, 7) is 0.746. The summed E-state index contributed by atoms with van der Waals surface area (Å²) in [6, 6.07) is 16.7. The lowest BCUT2D eigenvalue weighted by Gasteiger charge is -2.10. The number of hydrogen-bond donors (Lipinski definition) is 2. The topological polar surface area (TPSA) is 84.7 Å². The normalized spacial score (nSPS) is 10.6. The molecule has 4 aromatic rings. The molecule has 1 amide bonds. The number of nitrogens with one attached hydrogen (secondary N) is 2. The van der Waals surface area contributed by atoms with E-state index in [-0.39, 0.29) is 18.3 Å². The Bertz CT molecular complexity index is 1190. The smallest absolute Gasteiger partial charge is 0.255 e. The quantitative estimate of drug-likeness (QED) is 0.454. The second-order valence-corrected chi connectivity index (χ2v) is 7.19. The number of pyridine rings is 1. The average Bonchev–Trinajstić information content (AvgIpc) is 3.21. The standard InChI is InChI=1S/C22H18ClFN6O/c23-16-8-6-15(7-9-16)13-30-14-19(28-29-30)12-26-22(31)20-5-2-10-25-21(20)27-18-4-1-3-17(24)11-18/h1-11,14H,12-13H2,(H,25,27)(H,26,31). The van der Waals surface area contributed by atoms with Crippen LogP contribution in [0.15, 0.2) is 73.1 Å². The molecule has 2 aromatic heterocycles. The number of carbonyl (C=O) groups is 1. The molecule has 156 valence electrons. The van der Waals surface area contributed by atoms with E-state index in [1.165, 1.54) is 12.1 Å². The Kier molecular flexibility index (Phi) is 6.18. The van der Waals surface area contributed by atoms with Crippen molar-refractivity contribution in [2.24, 2.45) is 0 Å². The minimum Gasteiger partial charge on any atom is -0.346 e. The van der Waals surface area contributed by atoms with Gasteiger partial charge in [-0.3, -0.25) is 4.79 Å². The fraction of sp³-hybridized carbons (Fsp3) is 0.0909. The first kappa shape index (κ1) is 20.5. The van der Waals surface area contributed by atoms with E-state index >= 15 is 0 Å². The maximum Gasteiger partial charge on any atom is 0.255 e. The average molecular weight is 437 g/mol. The van der Waals surface area contributed by atoms with Crippen molar-refractivity contribution in [3.63, 3.8) is 0 Å². The summed E-state index contributed by atoms with van der Waals surface area (Å²) in [5.41, 5.74) is 2.48. The molecule has 0 spiro atoms. The molecule has 2 aromatic carbocycles. The molecule has 7 nitrogen and oxygen atoms in total. The molecule has 0 aliphatic carbocycles. The summed E-state index contributed by atoms with van der Waals surface area (Å²) in [4.78, 5) is 16.9. The van der Waals surface area contributed by atoms with Gasteiger partial charge in [-0.25, -0.2) is 14.1 Å². The van der Waals surface area contributed by atoms with Gasteiger partial charge >= 0.3 is 0 Å². The van der Waals surface area contributed by atoms with E-state index in [1.54, 1.807) is 41.3 Å². The number of anilines is 2. The molecule has 0 unspecified atom stereocenters. The molecule has 0 bridgehead atoms. The third-order valence-electron chi connectivity index (χ3n) is 4.41. The van der Waals surface area contributed by atoms with Crippen LogP contribution < -0.4 is 10.6 Å².